The first-order valence-electron chi connectivity index (χ1n) is 10.7. The number of rotatable bonds is 5. The summed E-state index contributed by atoms with van der Waals surface area (Å²) in [5, 5.41) is 7.59. The van der Waals surface area contributed by atoms with Gasteiger partial charge in [0.15, 0.2) is 5.82 Å². The predicted molar refractivity (Wildman–Crippen MR) is 110 cm³/mol. The van der Waals surface area contributed by atoms with E-state index in [4.69, 9.17) is 14.5 Å². The molecule has 8 heteroatoms. The van der Waals surface area contributed by atoms with Crippen molar-refractivity contribution in [3.8, 4) is 5.75 Å². The Kier molecular flexibility index (Phi) is 4.99. The summed E-state index contributed by atoms with van der Waals surface area (Å²) in [4.78, 5) is 21.6. The summed E-state index contributed by atoms with van der Waals surface area (Å²) in [5.74, 6) is 3.13. The Morgan fingerprint density at radius 1 is 1.40 bits per heavy atom. The number of H-pyrrole nitrogens is 1. The number of likely N-dealkylation sites (tertiary alicyclic amines) is 2. The van der Waals surface area contributed by atoms with Gasteiger partial charge in [0.25, 0.3) is 0 Å². The van der Waals surface area contributed by atoms with Gasteiger partial charge in [-0.05, 0) is 30.5 Å². The van der Waals surface area contributed by atoms with Gasteiger partial charge in [-0.15, -0.1) is 0 Å². The van der Waals surface area contributed by atoms with Gasteiger partial charge in [-0.3, -0.25) is 14.8 Å². The van der Waals surface area contributed by atoms with Crippen molar-refractivity contribution in [3.63, 3.8) is 0 Å². The highest BCUT2D eigenvalue weighted by Crippen LogP contribution is 2.44. The lowest BCUT2D eigenvalue weighted by Gasteiger charge is -2.41. The Morgan fingerprint density at radius 3 is 3.10 bits per heavy atom. The monoisotopic (exact) mass is 411 g/mol. The van der Waals surface area contributed by atoms with Gasteiger partial charge in [0.1, 0.15) is 18.2 Å². The van der Waals surface area contributed by atoms with Crippen LogP contribution in [0.3, 0.4) is 0 Å². The first-order valence-corrected chi connectivity index (χ1v) is 10.7. The van der Waals surface area contributed by atoms with Crippen LogP contribution < -0.4 is 4.74 Å². The van der Waals surface area contributed by atoms with E-state index in [1.165, 1.54) is 11.1 Å². The summed E-state index contributed by atoms with van der Waals surface area (Å²) in [7, 11) is 1.57. The molecule has 0 unspecified atom stereocenters. The quantitative estimate of drug-likeness (QED) is 0.799. The molecule has 1 aromatic heterocycles. The molecule has 0 saturated carbocycles. The largest absolute Gasteiger partial charge is 0.493 e. The van der Waals surface area contributed by atoms with E-state index in [9.17, 15) is 4.79 Å². The number of ether oxygens (including phenoxy) is 2. The third kappa shape index (κ3) is 3.37. The van der Waals surface area contributed by atoms with Crippen molar-refractivity contribution in [2.45, 2.75) is 31.7 Å². The summed E-state index contributed by atoms with van der Waals surface area (Å²) in [5.41, 5.74) is 2.50. The highest BCUT2D eigenvalue weighted by Gasteiger charge is 2.53. The number of aromatic nitrogens is 3. The van der Waals surface area contributed by atoms with Gasteiger partial charge >= 0.3 is 0 Å². The molecule has 4 heterocycles. The zero-order valence-corrected chi connectivity index (χ0v) is 17.7. The number of hydrogen-bond donors (Lipinski definition) is 1. The lowest BCUT2D eigenvalue weighted by molar-refractivity contribution is -0.137. The Bertz CT molecular complexity index is 945. The maximum absolute atomic E-state index is 12.5. The van der Waals surface area contributed by atoms with Crippen molar-refractivity contribution in [2.75, 3.05) is 46.5 Å². The first kappa shape index (κ1) is 19.5. The minimum Gasteiger partial charge on any atom is -0.493 e. The number of piperidine rings is 1. The molecule has 0 bridgehead atoms. The van der Waals surface area contributed by atoms with E-state index >= 15 is 0 Å². The first-order chi connectivity index (χ1) is 14.6. The fourth-order valence-corrected chi connectivity index (χ4v) is 5.38. The van der Waals surface area contributed by atoms with Crippen LogP contribution in [-0.4, -0.2) is 77.4 Å². The topological polar surface area (TPSA) is 83.6 Å². The molecular formula is C22H29N5O3. The number of fused-ring (bicyclic) bond motifs is 2. The van der Waals surface area contributed by atoms with Crippen LogP contribution >= 0.6 is 0 Å². The number of nitrogens with zero attached hydrogens (tertiary/aromatic N) is 4. The van der Waals surface area contributed by atoms with Crippen molar-refractivity contribution < 1.29 is 14.3 Å². The van der Waals surface area contributed by atoms with Crippen molar-refractivity contribution in [3.05, 3.63) is 41.0 Å². The van der Waals surface area contributed by atoms with E-state index in [2.05, 4.69) is 33.3 Å². The highest BCUT2D eigenvalue weighted by atomic mass is 16.5. The van der Waals surface area contributed by atoms with Crippen LogP contribution in [0, 0.1) is 12.8 Å². The average molecular weight is 412 g/mol. The standard InChI is InChI=1S/C22H29N5O3/c1-15-23-21(25-24-15)22-6-7-27(20(28)13-29-2)12-18(22)11-26(14-22)10-16-3-4-19-17(9-16)5-8-30-19/h3-4,9,18H,5-8,10-14H2,1-2H3,(H,23,24,25)/t18-,22+/m0/s1. The second-order valence-electron chi connectivity index (χ2n) is 8.83. The van der Waals surface area contributed by atoms with E-state index < -0.39 is 0 Å². The van der Waals surface area contributed by atoms with Crippen LogP contribution in [0.15, 0.2) is 18.2 Å². The number of aromatic amines is 1. The summed E-state index contributed by atoms with van der Waals surface area (Å²) >= 11 is 0. The van der Waals surface area contributed by atoms with Gasteiger partial charge < -0.3 is 14.4 Å². The third-order valence-electron chi connectivity index (χ3n) is 6.86. The molecule has 2 saturated heterocycles. The molecule has 2 aromatic rings. The molecule has 0 aliphatic carbocycles. The number of hydrogen-bond acceptors (Lipinski definition) is 6. The number of benzene rings is 1. The van der Waals surface area contributed by atoms with Gasteiger partial charge in [0.2, 0.25) is 5.91 Å². The fourth-order valence-electron chi connectivity index (χ4n) is 5.38. The molecule has 0 radical (unpaired) electrons. The fraction of sp³-hybridized carbons (Fsp3) is 0.591. The molecule has 2 atom stereocenters. The number of amides is 1. The van der Waals surface area contributed by atoms with Crippen molar-refractivity contribution in [1.82, 2.24) is 25.0 Å². The van der Waals surface area contributed by atoms with Crippen molar-refractivity contribution >= 4 is 5.91 Å². The maximum atomic E-state index is 12.5. The van der Waals surface area contributed by atoms with E-state index in [0.717, 1.165) is 69.6 Å². The lowest BCUT2D eigenvalue weighted by atomic mass is 9.72. The van der Waals surface area contributed by atoms with Gasteiger partial charge in [-0.1, -0.05) is 12.1 Å². The summed E-state index contributed by atoms with van der Waals surface area (Å²) in [6.07, 6.45) is 1.86. The molecule has 1 aromatic carbocycles. The van der Waals surface area contributed by atoms with Crippen LogP contribution in [0.1, 0.15) is 29.2 Å². The average Bonchev–Trinajstić information content (AvgIpc) is 3.45. The minimum atomic E-state index is -0.117. The third-order valence-corrected chi connectivity index (χ3v) is 6.86. The maximum Gasteiger partial charge on any atom is 0.248 e. The van der Waals surface area contributed by atoms with Crippen molar-refractivity contribution in [1.29, 1.82) is 0 Å². The SMILES string of the molecule is COCC(=O)N1CC[C@@]2(c3n[nH]c(C)n3)CN(Cc3ccc4c(c3)CCO4)C[C@H]2C1. The molecule has 0 spiro atoms. The highest BCUT2D eigenvalue weighted by molar-refractivity contribution is 5.77. The molecule has 160 valence electrons. The zero-order chi connectivity index (χ0) is 20.7. The number of carbonyl (C=O) groups excluding carboxylic acids is 1. The van der Waals surface area contributed by atoms with Crippen LogP contribution in [-0.2, 0) is 27.9 Å². The molecule has 3 aliphatic rings. The normalized spacial score (nSPS) is 25.8. The molecule has 3 aliphatic heterocycles. The smallest absolute Gasteiger partial charge is 0.248 e. The number of methoxy groups -OCH3 is 1. The molecular weight excluding hydrogens is 382 g/mol. The molecule has 1 amide bonds. The minimum absolute atomic E-state index is 0.0642. The summed E-state index contributed by atoms with van der Waals surface area (Å²) < 4.78 is 10.7. The van der Waals surface area contributed by atoms with Gasteiger partial charge in [0.05, 0.1) is 12.0 Å². The molecule has 2 fully saturated rings. The van der Waals surface area contributed by atoms with E-state index in [0.29, 0.717) is 5.92 Å². The predicted octanol–water partition coefficient (Wildman–Crippen LogP) is 1.30. The van der Waals surface area contributed by atoms with E-state index in [1.54, 1.807) is 7.11 Å². The molecule has 30 heavy (non-hydrogen) atoms. The van der Waals surface area contributed by atoms with Crippen LogP contribution in [0.2, 0.25) is 0 Å². The second-order valence-corrected chi connectivity index (χ2v) is 8.83. The lowest BCUT2D eigenvalue weighted by Crippen LogP contribution is -2.52. The summed E-state index contributed by atoms with van der Waals surface area (Å²) in [6.45, 7) is 7.04. The van der Waals surface area contributed by atoms with E-state index in [-0.39, 0.29) is 17.9 Å². The zero-order valence-electron chi connectivity index (χ0n) is 17.7. The molecule has 8 nitrogen and oxygen atoms in total. The van der Waals surface area contributed by atoms with Crippen LogP contribution in [0.5, 0.6) is 5.75 Å². The van der Waals surface area contributed by atoms with Crippen molar-refractivity contribution in [2.24, 2.45) is 5.92 Å². The Hall–Kier alpha value is -2.45. The summed E-state index contributed by atoms with van der Waals surface area (Å²) in [6, 6.07) is 6.55. The van der Waals surface area contributed by atoms with Gasteiger partial charge in [-0.25, -0.2) is 4.98 Å². The second kappa shape index (κ2) is 7.67. The number of nitrogens with one attached hydrogen (secondary N) is 1. The number of carbonyl (C=O) groups is 1. The Morgan fingerprint density at radius 2 is 2.30 bits per heavy atom. The molecule has 1 N–H and O–H groups in total. The van der Waals surface area contributed by atoms with Crippen LogP contribution in [0.25, 0.3) is 0 Å². The Balaban J connectivity index is 1.38. The van der Waals surface area contributed by atoms with Crippen LogP contribution in [0.4, 0.5) is 0 Å². The van der Waals surface area contributed by atoms with E-state index in [1.807, 2.05) is 11.8 Å². The number of aryl methyl sites for hydroxylation is 1. The Labute approximate surface area is 176 Å². The van der Waals surface area contributed by atoms with Gasteiger partial charge in [0, 0.05) is 52.2 Å². The van der Waals surface area contributed by atoms with Gasteiger partial charge in [-0.2, -0.15) is 5.10 Å². The molecule has 5 rings (SSSR count).